The van der Waals surface area contributed by atoms with E-state index in [1.165, 1.54) is 21.7 Å². The van der Waals surface area contributed by atoms with Crippen LogP contribution in [0.4, 0.5) is 5.69 Å². The van der Waals surface area contributed by atoms with E-state index < -0.39 is 0 Å². The lowest BCUT2D eigenvalue weighted by atomic mass is 10.1. The Morgan fingerprint density at radius 2 is 2.12 bits per heavy atom. The first-order chi connectivity index (χ1) is 8.16. The Kier molecular flexibility index (Phi) is 4.24. The van der Waals surface area contributed by atoms with Gasteiger partial charge in [0.15, 0.2) is 0 Å². The van der Waals surface area contributed by atoms with Gasteiger partial charge in [0, 0.05) is 15.9 Å². The molecule has 90 valence electrons. The van der Waals surface area contributed by atoms with Crippen LogP contribution in [-0.4, -0.2) is 6.54 Å². The van der Waals surface area contributed by atoms with Crippen LogP contribution in [0.2, 0.25) is 0 Å². The molecule has 0 bridgehead atoms. The number of benzene rings is 1. The zero-order valence-corrected chi connectivity index (χ0v) is 12.5. The Hall–Kier alpha value is -0.800. The van der Waals surface area contributed by atoms with Gasteiger partial charge in [-0.15, -0.1) is 11.3 Å². The number of aryl methyl sites for hydroxylation is 2. The third kappa shape index (κ3) is 3.33. The predicted octanol–water partition coefficient (Wildman–Crippen LogP) is 4.78. The smallest absolute Gasteiger partial charge is 0.0514 e. The Morgan fingerprint density at radius 1 is 1.29 bits per heavy atom. The monoisotopic (exact) mass is 309 g/mol. The van der Waals surface area contributed by atoms with Crippen molar-refractivity contribution in [2.75, 3.05) is 11.9 Å². The average Bonchev–Trinajstić information content (AvgIpc) is 2.74. The lowest BCUT2D eigenvalue weighted by molar-refractivity contribution is 1.04. The number of nitrogens with one attached hydrogen (secondary N) is 1. The van der Waals surface area contributed by atoms with E-state index in [2.05, 4.69) is 64.7 Å². The van der Waals surface area contributed by atoms with Crippen molar-refractivity contribution in [1.82, 2.24) is 0 Å². The summed E-state index contributed by atoms with van der Waals surface area (Å²) in [6, 6.07) is 8.65. The zero-order chi connectivity index (χ0) is 12.3. The van der Waals surface area contributed by atoms with Crippen molar-refractivity contribution >= 4 is 33.0 Å². The molecule has 0 aliphatic carbocycles. The summed E-state index contributed by atoms with van der Waals surface area (Å²) >= 11 is 5.43. The van der Waals surface area contributed by atoms with Crippen LogP contribution in [0.5, 0.6) is 0 Å². The van der Waals surface area contributed by atoms with Crippen LogP contribution in [0, 0.1) is 13.8 Å². The van der Waals surface area contributed by atoms with Crippen LogP contribution in [0.15, 0.2) is 34.1 Å². The van der Waals surface area contributed by atoms with Crippen LogP contribution in [-0.2, 0) is 6.42 Å². The predicted molar refractivity (Wildman–Crippen MR) is 80.1 cm³/mol. The van der Waals surface area contributed by atoms with Gasteiger partial charge < -0.3 is 5.32 Å². The number of halogens is 1. The Bertz CT molecular complexity index is 468. The van der Waals surface area contributed by atoms with Crippen molar-refractivity contribution in [3.05, 3.63) is 50.1 Å². The summed E-state index contributed by atoms with van der Waals surface area (Å²) in [5.41, 5.74) is 3.80. The van der Waals surface area contributed by atoms with E-state index in [0.29, 0.717) is 0 Å². The third-order valence-corrected chi connectivity index (χ3v) is 4.25. The van der Waals surface area contributed by atoms with Gasteiger partial charge in [-0.3, -0.25) is 0 Å². The third-order valence-electron chi connectivity index (χ3n) is 2.69. The molecule has 0 aliphatic rings. The summed E-state index contributed by atoms with van der Waals surface area (Å²) < 4.78 is 1.15. The molecule has 2 aromatic rings. The van der Waals surface area contributed by atoms with Gasteiger partial charge in [-0.25, -0.2) is 0 Å². The highest BCUT2D eigenvalue weighted by Crippen LogP contribution is 2.27. The maximum absolute atomic E-state index is 3.62. The summed E-state index contributed by atoms with van der Waals surface area (Å²) in [7, 11) is 0. The van der Waals surface area contributed by atoms with Gasteiger partial charge in [0.25, 0.3) is 0 Å². The summed E-state index contributed by atoms with van der Waals surface area (Å²) in [4.78, 5) is 1.43. The van der Waals surface area contributed by atoms with E-state index in [4.69, 9.17) is 0 Å². The molecule has 1 heterocycles. The summed E-state index contributed by atoms with van der Waals surface area (Å²) in [6.07, 6.45) is 1.08. The number of hydrogen-bond donors (Lipinski definition) is 1. The van der Waals surface area contributed by atoms with E-state index in [9.17, 15) is 0 Å². The molecule has 1 N–H and O–H groups in total. The number of thiophene rings is 1. The maximum atomic E-state index is 3.62. The maximum Gasteiger partial charge on any atom is 0.0514 e. The van der Waals surface area contributed by atoms with Crippen LogP contribution >= 0.6 is 27.3 Å². The Balaban J connectivity index is 1.99. The van der Waals surface area contributed by atoms with E-state index in [0.717, 1.165) is 17.4 Å². The van der Waals surface area contributed by atoms with Gasteiger partial charge in [-0.05, 0) is 64.8 Å². The lowest BCUT2D eigenvalue weighted by Crippen LogP contribution is -2.06. The topological polar surface area (TPSA) is 12.0 Å². The molecule has 0 fully saturated rings. The normalized spacial score (nSPS) is 10.5. The standard InChI is InChI=1S/C14H16BrNS/c1-10-8-11(2)14(13(15)9-10)16-6-5-12-4-3-7-17-12/h3-4,7-9,16H,5-6H2,1-2H3. The van der Waals surface area contributed by atoms with Gasteiger partial charge >= 0.3 is 0 Å². The molecule has 1 aromatic carbocycles. The highest BCUT2D eigenvalue weighted by atomic mass is 79.9. The Labute approximate surface area is 115 Å². The highest BCUT2D eigenvalue weighted by molar-refractivity contribution is 9.10. The fourth-order valence-electron chi connectivity index (χ4n) is 1.91. The minimum atomic E-state index is 0.975. The van der Waals surface area contributed by atoms with E-state index in [1.54, 1.807) is 0 Å². The van der Waals surface area contributed by atoms with Crippen molar-refractivity contribution in [3.63, 3.8) is 0 Å². The summed E-state index contributed by atoms with van der Waals surface area (Å²) in [6.45, 7) is 5.24. The SMILES string of the molecule is Cc1cc(C)c(NCCc2cccs2)c(Br)c1. The molecule has 1 aromatic heterocycles. The largest absolute Gasteiger partial charge is 0.384 e. The molecule has 0 amide bonds. The van der Waals surface area contributed by atoms with E-state index in [-0.39, 0.29) is 0 Å². The second kappa shape index (κ2) is 5.69. The van der Waals surface area contributed by atoms with Crippen molar-refractivity contribution in [2.45, 2.75) is 20.3 Å². The molecule has 0 unspecified atom stereocenters. The van der Waals surface area contributed by atoms with Crippen molar-refractivity contribution in [1.29, 1.82) is 0 Å². The molecule has 0 saturated heterocycles. The van der Waals surface area contributed by atoms with Crippen molar-refractivity contribution in [3.8, 4) is 0 Å². The molecule has 0 saturated carbocycles. The Morgan fingerprint density at radius 3 is 2.76 bits per heavy atom. The van der Waals surface area contributed by atoms with Crippen molar-refractivity contribution < 1.29 is 0 Å². The van der Waals surface area contributed by atoms with Crippen molar-refractivity contribution in [2.24, 2.45) is 0 Å². The number of rotatable bonds is 4. The highest BCUT2D eigenvalue weighted by Gasteiger charge is 2.04. The molecule has 0 radical (unpaired) electrons. The van der Waals surface area contributed by atoms with Gasteiger partial charge in [0.1, 0.15) is 0 Å². The lowest BCUT2D eigenvalue weighted by Gasteiger charge is -2.12. The average molecular weight is 310 g/mol. The summed E-state index contributed by atoms with van der Waals surface area (Å²) in [5.74, 6) is 0. The molecule has 0 aliphatic heterocycles. The first-order valence-electron chi connectivity index (χ1n) is 5.70. The van der Waals surface area contributed by atoms with Gasteiger partial charge in [-0.2, -0.15) is 0 Å². The van der Waals surface area contributed by atoms with E-state index in [1.807, 2.05) is 11.3 Å². The molecule has 2 rings (SSSR count). The molecular formula is C14H16BrNS. The van der Waals surface area contributed by atoms with Crippen LogP contribution < -0.4 is 5.32 Å². The molecule has 0 atom stereocenters. The van der Waals surface area contributed by atoms with Gasteiger partial charge in [0.2, 0.25) is 0 Å². The van der Waals surface area contributed by atoms with Crippen LogP contribution in [0.1, 0.15) is 16.0 Å². The molecule has 0 spiro atoms. The molecular weight excluding hydrogens is 294 g/mol. The quantitative estimate of drug-likeness (QED) is 0.857. The van der Waals surface area contributed by atoms with Crippen LogP contribution in [0.3, 0.4) is 0 Å². The van der Waals surface area contributed by atoms with E-state index >= 15 is 0 Å². The van der Waals surface area contributed by atoms with Crippen LogP contribution in [0.25, 0.3) is 0 Å². The minimum absolute atomic E-state index is 0.975. The first-order valence-corrected chi connectivity index (χ1v) is 7.37. The fraction of sp³-hybridized carbons (Fsp3) is 0.286. The first kappa shape index (κ1) is 12.7. The second-order valence-electron chi connectivity index (χ2n) is 4.19. The second-order valence-corrected chi connectivity index (χ2v) is 6.08. The zero-order valence-electron chi connectivity index (χ0n) is 10.1. The fourth-order valence-corrected chi connectivity index (χ4v) is 3.43. The molecule has 1 nitrogen and oxygen atoms in total. The van der Waals surface area contributed by atoms with Gasteiger partial charge in [0.05, 0.1) is 5.69 Å². The molecule has 3 heteroatoms. The minimum Gasteiger partial charge on any atom is -0.384 e. The molecule has 17 heavy (non-hydrogen) atoms. The van der Waals surface area contributed by atoms with Gasteiger partial charge in [-0.1, -0.05) is 12.1 Å². The number of anilines is 1. The number of hydrogen-bond acceptors (Lipinski definition) is 2. The summed E-state index contributed by atoms with van der Waals surface area (Å²) in [5, 5.41) is 5.63.